The van der Waals surface area contributed by atoms with E-state index in [1.54, 1.807) is 0 Å². The molecule has 35 heavy (non-hydrogen) atoms. The van der Waals surface area contributed by atoms with Gasteiger partial charge in [-0.3, -0.25) is 9.59 Å². The van der Waals surface area contributed by atoms with Gasteiger partial charge < -0.3 is 13.9 Å². The quantitative estimate of drug-likeness (QED) is 0.0667. The summed E-state index contributed by atoms with van der Waals surface area (Å²) in [5.74, 6) is -0.616. The lowest BCUT2D eigenvalue weighted by Crippen LogP contribution is -2.44. The molecule has 0 rings (SSSR count). The smallest absolute Gasteiger partial charge is 0.305 e. The zero-order valence-electron chi connectivity index (χ0n) is 24.1. The maximum absolute atomic E-state index is 12.1. The Balaban J connectivity index is 3.87. The summed E-state index contributed by atoms with van der Waals surface area (Å²) in [6, 6.07) is 0. The summed E-state index contributed by atoms with van der Waals surface area (Å²) in [5, 5.41) is 0.0638. The van der Waals surface area contributed by atoms with Crippen LogP contribution in [0.1, 0.15) is 125 Å². The molecule has 0 aromatic heterocycles. The van der Waals surface area contributed by atoms with E-state index in [-0.39, 0.29) is 30.2 Å². The van der Waals surface area contributed by atoms with Gasteiger partial charge in [-0.15, -0.1) is 0 Å². The van der Waals surface area contributed by atoms with Gasteiger partial charge in [0.05, 0.1) is 6.61 Å². The van der Waals surface area contributed by atoms with E-state index in [1.165, 1.54) is 64.7 Å². The van der Waals surface area contributed by atoms with E-state index in [1.807, 2.05) is 0 Å². The number of rotatable bonds is 21. The highest BCUT2D eigenvalue weighted by Crippen LogP contribution is 2.36. The molecule has 0 spiro atoms. The first-order valence-electron chi connectivity index (χ1n) is 14.1. The lowest BCUT2D eigenvalue weighted by molar-refractivity contribution is -0.159. The SMILES string of the molecule is CCCCCCCC/C=C\CCCCCCCC(=O)OC[C@H](CO[Si](C)(C)C(C)(C)C)OC(C)=O. The van der Waals surface area contributed by atoms with Crippen LogP contribution in [0.25, 0.3) is 0 Å². The Labute approximate surface area is 217 Å². The van der Waals surface area contributed by atoms with Gasteiger partial charge in [0.1, 0.15) is 6.61 Å². The highest BCUT2D eigenvalue weighted by atomic mass is 28.4. The molecular weight excluding hydrogens is 456 g/mol. The molecule has 0 aliphatic rings. The maximum Gasteiger partial charge on any atom is 0.305 e. The monoisotopic (exact) mass is 512 g/mol. The van der Waals surface area contributed by atoms with E-state index < -0.39 is 14.4 Å². The number of unbranched alkanes of at least 4 members (excludes halogenated alkanes) is 11. The minimum atomic E-state index is -1.97. The van der Waals surface area contributed by atoms with Crippen LogP contribution in [0.4, 0.5) is 0 Å². The second-order valence-corrected chi connectivity index (χ2v) is 16.1. The van der Waals surface area contributed by atoms with E-state index in [2.05, 4.69) is 52.9 Å². The Morgan fingerprint density at radius 3 is 1.83 bits per heavy atom. The first kappa shape index (κ1) is 33.9. The molecule has 206 valence electrons. The van der Waals surface area contributed by atoms with E-state index in [0.717, 1.165) is 25.7 Å². The molecule has 6 heteroatoms. The second-order valence-electron chi connectivity index (χ2n) is 11.3. The summed E-state index contributed by atoms with van der Waals surface area (Å²) in [6.45, 7) is 14.7. The third kappa shape index (κ3) is 19.7. The number of ether oxygens (including phenoxy) is 2. The van der Waals surface area contributed by atoms with Crippen LogP contribution >= 0.6 is 0 Å². The van der Waals surface area contributed by atoms with Gasteiger partial charge in [0.2, 0.25) is 0 Å². The minimum absolute atomic E-state index is 0.0537. The van der Waals surface area contributed by atoms with E-state index in [9.17, 15) is 9.59 Å². The maximum atomic E-state index is 12.1. The number of hydrogen-bond donors (Lipinski definition) is 0. The fraction of sp³-hybridized carbons (Fsp3) is 0.862. The number of carbonyl (C=O) groups is 2. The topological polar surface area (TPSA) is 61.8 Å². The molecule has 0 bridgehead atoms. The summed E-state index contributed by atoms with van der Waals surface area (Å²) in [6.07, 6.45) is 20.5. The fourth-order valence-corrected chi connectivity index (χ4v) is 4.50. The molecule has 0 aliphatic heterocycles. The molecule has 5 nitrogen and oxygen atoms in total. The van der Waals surface area contributed by atoms with E-state index >= 15 is 0 Å². The molecule has 0 amide bonds. The molecule has 0 aromatic carbocycles. The number of esters is 2. The molecule has 0 fully saturated rings. The van der Waals surface area contributed by atoms with Crippen molar-refractivity contribution in [1.82, 2.24) is 0 Å². The van der Waals surface area contributed by atoms with Crippen LogP contribution in [0.5, 0.6) is 0 Å². The van der Waals surface area contributed by atoms with Gasteiger partial charge in [-0.25, -0.2) is 0 Å². The molecule has 0 N–H and O–H groups in total. The average molecular weight is 513 g/mol. The molecule has 0 saturated carbocycles. The molecule has 0 unspecified atom stereocenters. The Bertz CT molecular complexity index is 580. The van der Waals surface area contributed by atoms with Crippen molar-refractivity contribution < 1.29 is 23.5 Å². The normalized spacial score (nSPS) is 13.2. The van der Waals surface area contributed by atoms with Gasteiger partial charge in [-0.05, 0) is 50.2 Å². The van der Waals surface area contributed by atoms with Crippen LogP contribution in [0.2, 0.25) is 18.1 Å². The predicted octanol–water partition coefficient (Wildman–Crippen LogP) is 8.52. The first-order valence-corrected chi connectivity index (χ1v) is 17.0. The zero-order valence-corrected chi connectivity index (χ0v) is 25.1. The van der Waals surface area contributed by atoms with Crippen LogP contribution in [-0.4, -0.2) is 39.6 Å². The van der Waals surface area contributed by atoms with Gasteiger partial charge in [0, 0.05) is 13.3 Å². The predicted molar refractivity (Wildman–Crippen MR) is 149 cm³/mol. The molecule has 0 radical (unpaired) electrons. The summed E-state index contributed by atoms with van der Waals surface area (Å²) in [4.78, 5) is 23.6. The van der Waals surface area contributed by atoms with Crippen molar-refractivity contribution in [3.8, 4) is 0 Å². The molecule has 1 atom stereocenters. The summed E-state index contributed by atoms with van der Waals surface area (Å²) in [5.41, 5.74) is 0. The van der Waals surface area contributed by atoms with Gasteiger partial charge >= 0.3 is 11.9 Å². The Morgan fingerprint density at radius 2 is 1.31 bits per heavy atom. The lowest BCUT2D eigenvalue weighted by Gasteiger charge is -2.37. The van der Waals surface area contributed by atoms with E-state index in [0.29, 0.717) is 6.42 Å². The van der Waals surface area contributed by atoms with E-state index in [4.69, 9.17) is 13.9 Å². The number of hydrogen-bond acceptors (Lipinski definition) is 5. The van der Waals surface area contributed by atoms with Gasteiger partial charge in [0.25, 0.3) is 0 Å². The summed E-state index contributed by atoms with van der Waals surface area (Å²) >= 11 is 0. The third-order valence-electron chi connectivity index (χ3n) is 6.84. The average Bonchev–Trinajstić information content (AvgIpc) is 2.77. The lowest BCUT2D eigenvalue weighted by atomic mass is 10.1. The second kappa shape index (κ2) is 20.0. The van der Waals surface area contributed by atoms with Gasteiger partial charge in [-0.1, -0.05) is 91.2 Å². The van der Waals surface area contributed by atoms with Crippen LogP contribution in [0.3, 0.4) is 0 Å². The van der Waals surface area contributed by atoms with Crippen LogP contribution < -0.4 is 0 Å². The Hall–Kier alpha value is -1.14. The molecule has 0 aromatic rings. The summed E-state index contributed by atoms with van der Waals surface area (Å²) in [7, 11) is -1.97. The van der Waals surface area contributed by atoms with Crippen molar-refractivity contribution in [2.24, 2.45) is 0 Å². The standard InChI is InChI=1S/C29H56O5Si/c1-8-9-10-11-12-13-14-15-16-17-18-19-20-21-22-23-28(31)32-24-27(34-26(2)30)25-33-35(6,7)29(3,4)5/h15-16,27H,8-14,17-25H2,1-7H3/b16-15-/t27-/m1/s1. The van der Waals surface area contributed by atoms with Crippen molar-refractivity contribution in [3.63, 3.8) is 0 Å². The van der Waals surface area contributed by atoms with Gasteiger partial charge in [0.15, 0.2) is 14.4 Å². The Kier molecular flexibility index (Phi) is 19.3. The van der Waals surface area contributed by atoms with Crippen LogP contribution in [0, 0.1) is 0 Å². The van der Waals surface area contributed by atoms with Crippen molar-refractivity contribution in [1.29, 1.82) is 0 Å². The third-order valence-corrected chi connectivity index (χ3v) is 11.3. The largest absolute Gasteiger partial charge is 0.462 e. The van der Waals surface area contributed by atoms with Crippen molar-refractivity contribution in [3.05, 3.63) is 12.2 Å². The zero-order chi connectivity index (χ0) is 26.6. The first-order chi connectivity index (χ1) is 16.5. The highest BCUT2D eigenvalue weighted by molar-refractivity contribution is 6.74. The van der Waals surface area contributed by atoms with Crippen LogP contribution in [0.15, 0.2) is 12.2 Å². The minimum Gasteiger partial charge on any atom is -0.462 e. The van der Waals surface area contributed by atoms with Crippen molar-refractivity contribution in [2.45, 2.75) is 149 Å². The summed E-state index contributed by atoms with van der Waals surface area (Å²) < 4.78 is 16.8. The fourth-order valence-electron chi connectivity index (χ4n) is 3.47. The van der Waals surface area contributed by atoms with Crippen molar-refractivity contribution in [2.75, 3.05) is 13.2 Å². The molecule has 0 aliphatic carbocycles. The molecule has 0 heterocycles. The molecular formula is C29H56O5Si. The highest BCUT2D eigenvalue weighted by Gasteiger charge is 2.38. The van der Waals surface area contributed by atoms with Gasteiger partial charge in [-0.2, -0.15) is 0 Å². The van der Waals surface area contributed by atoms with Crippen molar-refractivity contribution >= 4 is 20.3 Å². The number of allylic oxidation sites excluding steroid dienone is 2. The molecule has 0 saturated heterocycles. The Morgan fingerprint density at radius 1 is 0.800 bits per heavy atom. The number of carbonyl (C=O) groups excluding carboxylic acids is 2. The van der Waals surface area contributed by atoms with Crippen LogP contribution in [-0.2, 0) is 23.5 Å².